The van der Waals surface area contributed by atoms with Crippen molar-refractivity contribution in [1.82, 2.24) is 5.32 Å². The molecule has 54 valence electrons. The van der Waals surface area contributed by atoms with Gasteiger partial charge in [-0.1, -0.05) is 20.8 Å². The van der Waals surface area contributed by atoms with E-state index in [1.165, 1.54) is 13.0 Å². The van der Waals surface area contributed by atoms with Crippen molar-refractivity contribution in [2.75, 3.05) is 6.54 Å². The van der Waals surface area contributed by atoms with Gasteiger partial charge in [-0.15, -0.1) is 0 Å². The molecule has 0 aliphatic heterocycles. The van der Waals surface area contributed by atoms with E-state index in [4.69, 9.17) is 0 Å². The number of hydrogen-bond donors (Lipinski definition) is 1. The van der Waals surface area contributed by atoms with Gasteiger partial charge in [-0.3, -0.25) is 0 Å². The predicted molar refractivity (Wildman–Crippen MR) is 40.4 cm³/mol. The van der Waals surface area contributed by atoms with Gasteiger partial charge in [0.1, 0.15) is 0 Å². The van der Waals surface area contributed by atoms with Crippen LogP contribution in [-0.2, 0) is 0 Å². The molecule has 1 aliphatic carbocycles. The summed E-state index contributed by atoms with van der Waals surface area (Å²) in [7, 11) is 0. The first-order valence-electron chi connectivity index (χ1n) is 3.93. The van der Waals surface area contributed by atoms with Crippen LogP contribution in [0.15, 0.2) is 0 Å². The summed E-state index contributed by atoms with van der Waals surface area (Å²) in [6.45, 7) is 7.96. The Morgan fingerprint density at radius 3 is 2.44 bits per heavy atom. The van der Waals surface area contributed by atoms with Crippen molar-refractivity contribution in [3.63, 3.8) is 0 Å². The van der Waals surface area contributed by atoms with Crippen LogP contribution in [0.3, 0.4) is 0 Å². The first-order valence-corrected chi connectivity index (χ1v) is 3.93. The Labute approximate surface area is 57.8 Å². The van der Waals surface area contributed by atoms with Crippen molar-refractivity contribution in [2.24, 2.45) is 11.8 Å². The summed E-state index contributed by atoms with van der Waals surface area (Å²) in [6, 6.07) is 0.665. The van der Waals surface area contributed by atoms with Crippen LogP contribution < -0.4 is 5.32 Å². The van der Waals surface area contributed by atoms with Crippen molar-refractivity contribution < 1.29 is 0 Å². The van der Waals surface area contributed by atoms with Crippen LogP contribution in [0, 0.1) is 11.8 Å². The molecule has 2 atom stereocenters. The molecule has 0 aromatic carbocycles. The Morgan fingerprint density at radius 1 is 1.56 bits per heavy atom. The molecular formula is C8H17N. The molecule has 1 nitrogen and oxygen atoms in total. The van der Waals surface area contributed by atoms with Crippen molar-refractivity contribution in [1.29, 1.82) is 0 Å². The maximum atomic E-state index is 3.44. The van der Waals surface area contributed by atoms with Crippen LogP contribution >= 0.6 is 0 Å². The van der Waals surface area contributed by atoms with Gasteiger partial charge in [0.05, 0.1) is 0 Å². The molecule has 0 saturated heterocycles. The zero-order chi connectivity index (χ0) is 6.85. The molecule has 1 heteroatoms. The minimum absolute atomic E-state index is 0.665. The molecule has 9 heavy (non-hydrogen) atoms. The van der Waals surface area contributed by atoms with Gasteiger partial charge in [0, 0.05) is 6.04 Å². The van der Waals surface area contributed by atoms with E-state index < -0.39 is 0 Å². The monoisotopic (exact) mass is 127 g/mol. The standard InChI is InChI=1S/C8H17N/c1-6(2)9-5-8-4-7(8)3/h6-9H,4-5H2,1-3H3/t7-,8+/m1/s1. The Bertz CT molecular complexity index is 88.6. The van der Waals surface area contributed by atoms with E-state index in [1.54, 1.807) is 0 Å². The van der Waals surface area contributed by atoms with Gasteiger partial charge in [-0.2, -0.15) is 0 Å². The Balaban J connectivity index is 1.94. The summed E-state index contributed by atoms with van der Waals surface area (Å²) in [5, 5.41) is 3.44. The second kappa shape index (κ2) is 2.70. The highest BCUT2D eigenvalue weighted by atomic mass is 14.9. The number of hydrogen-bond acceptors (Lipinski definition) is 1. The van der Waals surface area contributed by atoms with Gasteiger partial charge >= 0.3 is 0 Å². The smallest absolute Gasteiger partial charge is 0.00104 e. The lowest BCUT2D eigenvalue weighted by atomic mass is 10.3. The second-order valence-electron chi connectivity index (χ2n) is 3.54. The van der Waals surface area contributed by atoms with Crippen molar-refractivity contribution in [3.05, 3.63) is 0 Å². The van der Waals surface area contributed by atoms with Crippen LogP contribution in [0.5, 0.6) is 0 Å². The topological polar surface area (TPSA) is 12.0 Å². The van der Waals surface area contributed by atoms with Crippen molar-refractivity contribution in [2.45, 2.75) is 33.2 Å². The third-order valence-corrected chi connectivity index (χ3v) is 2.06. The lowest BCUT2D eigenvalue weighted by Crippen LogP contribution is -2.25. The van der Waals surface area contributed by atoms with E-state index in [1.807, 2.05) is 0 Å². The summed E-state index contributed by atoms with van der Waals surface area (Å²) < 4.78 is 0. The van der Waals surface area contributed by atoms with Gasteiger partial charge in [-0.05, 0) is 24.8 Å². The lowest BCUT2D eigenvalue weighted by Gasteiger charge is -2.05. The summed E-state index contributed by atoms with van der Waals surface area (Å²) in [4.78, 5) is 0. The summed E-state index contributed by atoms with van der Waals surface area (Å²) in [5.41, 5.74) is 0. The summed E-state index contributed by atoms with van der Waals surface area (Å²) in [6.07, 6.45) is 1.44. The quantitative estimate of drug-likeness (QED) is 0.607. The van der Waals surface area contributed by atoms with Crippen molar-refractivity contribution >= 4 is 0 Å². The normalized spacial score (nSPS) is 33.3. The molecule has 0 unspecified atom stereocenters. The first-order chi connectivity index (χ1) is 4.20. The van der Waals surface area contributed by atoms with E-state index >= 15 is 0 Å². The fourth-order valence-electron chi connectivity index (χ4n) is 1.07. The van der Waals surface area contributed by atoms with Gasteiger partial charge in [0.25, 0.3) is 0 Å². The maximum absolute atomic E-state index is 3.44. The highest BCUT2D eigenvalue weighted by Gasteiger charge is 2.31. The van der Waals surface area contributed by atoms with Gasteiger partial charge < -0.3 is 5.32 Å². The molecule has 0 spiro atoms. The molecular weight excluding hydrogens is 110 g/mol. The van der Waals surface area contributed by atoms with Crippen LogP contribution in [-0.4, -0.2) is 12.6 Å². The summed E-state index contributed by atoms with van der Waals surface area (Å²) in [5.74, 6) is 1.99. The first kappa shape index (κ1) is 7.07. The van der Waals surface area contributed by atoms with Crippen molar-refractivity contribution in [3.8, 4) is 0 Å². The third-order valence-electron chi connectivity index (χ3n) is 2.06. The predicted octanol–water partition coefficient (Wildman–Crippen LogP) is 1.64. The summed E-state index contributed by atoms with van der Waals surface area (Å²) >= 11 is 0. The lowest BCUT2D eigenvalue weighted by molar-refractivity contribution is 0.546. The van der Waals surface area contributed by atoms with Crippen LogP contribution in [0.2, 0.25) is 0 Å². The van der Waals surface area contributed by atoms with Gasteiger partial charge in [0.2, 0.25) is 0 Å². The molecule has 0 amide bonds. The fraction of sp³-hybridized carbons (Fsp3) is 1.00. The van der Waals surface area contributed by atoms with Crippen LogP contribution in [0.1, 0.15) is 27.2 Å². The maximum Gasteiger partial charge on any atom is 0.00104 e. The van der Waals surface area contributed by atoms with E-state index in [9.17, 15) is 0 Å². The highest BCUT2D eigenvalue weighted by Crippen LogP contribution is 2.36. The molecule has 0 aromatic heterocycles. The highest BCUT2D eigenvalue weighted by molar-refractivity contribution is 4.84. The molecule has 1 N–H and O–H groups in total. The number of nitrogens with one attached hydrogen (secondary N) is 1. The number of rotatable bonds is 3. The fourth-order valence-corrected chi connectivity index (χ4v) is 1.07. The average Bonchev–Trinajstić information content (AvgIpc) is 2.42. The molecule has 1 saturated carbocycles. The molecule has 1 aliphatic rings. The molecule has 0 heterocycles. The second-order valence-corrected chi connectivity index (χ2v) is 3.54. The van der Waals surface area contributed by atoms with Gasteiger partial charge in [-0.25, -0.2) is 0 Å². The molecule has 0 radical (unpaired) electrons. The molecule has 0 aromatic rings. The van der Waals surface area contributed by atoms with E-state index in [2.05, 4.69) is 26.1 Å². The Morgan fingerprint density at radius 2 is 2.11 bits per heavy atom. The Hall–Kier alpha value is -0.0400. The minimum Gasteiger partial charge on any atom is -0.314 e. The Kier molecular flexibility index (Phi) is 2.12. The van der Waals surface area contributed by atoms with E-state index in [-0.39, 0.29) is 0 Å². The minimum atomic E-state index is 0.665. The third kappa shape index (κ3) is 2.35. The molecule has 0 bridgehead atoms. The zero-order valence-corrected chi connectivity index (χ0v) is 6.65. The van der Waals surface area contributed by atoms with Crippen LogP contribution in [0.25, 0.3) is 0 Å². The van der Waals surface area contributed by atoms with Crippen LogP contribution in [0.4, 0.5) is 0 Å². The SMILES string of the molecule is CC(C)NC[C@@H]1C[C@H]1C. The largest absolute Gasteiger partial charge is 0.314 e. The van der Waals surface area contributed by atoms with E-state index in [0.29, 0.717) is 6.04 Å². The van der Waals surface area contributed by atoms with Gasteiger partial charge in [0.15, 0.2) is 0 Å². The zero-order valence-electron chi connectivity index (χ0n) is 6.65. The molecule has 1 rings (SSSR count). The average molecular weight is 127 g/mol. The van der Waals surface area contributed by atoms with E-state index in [0.717, 1.165) is 11.8 Å². The molecule has 1 fully saturated rings.